The highest BCUT2D eigenvalue weighted by Gasteiger charge is 2.02. The van der Waals surface area contributed by atoms with Crippen LogP contribution < -0.4 is 0 Å². The fourth-order valence-electron chi connectivity index (χ4n) is 1.82. The van der Waals surface area contributed by atoms with Gasteiger partial charge in [0.2, 0.25) is 0 Å². The second kappa shape index (κ2) is 3.84. The summed E-state index contributed by atoms with van der Waals surface area (Å²) in [5.41, 5.74) is 3.88. The molecule has 0 spiro atoms. The summed E-state index contributed by atoms with van der Waals surface area (Å²) < 4.78 is 5.10. The minimum absolute atomic E-state index is 0.781. The molecule has 0 unspecified atom stereocenters. The third-order valence-corrected chi connectivity index (χ3v) is 2.47. The number of methoxy groups -OCH3 is 1. The quantitative estimate of drug-likeness (QED) is 0.789. The lowest BCUT2D eigenvalue weighted by molar-refractivity contribution is 0.202. The van der Waals surface area contributed by atoms with Gasteiger partial charge in [0.15, 0.2) is 0 Å². The number of rotatable bonds is 3. The second-order valence-corrected chi connectivity index (χ2v) is 3.61. The molecule has 0 amide bonds. The van der Waals surface area contributed by atoms with E-state index >= 15 is 0 Å². The van der Waals surface area contributed by atoms with Gasteiger partial charge in [-0.25, -0.2) is 0 Å². The molecular formula is C12H15NO. The number of aromatic amines is 1. The van der Waals surface area contributed by atoms with Crippen LogP contribution in [0, 0.1) is 6.92 Å². The van der Waals surface area contributed by atoms with Gasteiger partial charge in [0.05, 0.1) is 6.61 Å². The molecule has 0 aliphatic heterocycles. The lowest BCUT2D eigenvalue weighted by Gasteiger charge is -2.04. The van der Waals surface area contributed by atoms with Crippen LogP contribution in [0.25, 0.3) is 10.9 Å². The molecule has 0 fully saturated rings. The Morgan fingerprint density at radius 2 is 2.21 bits per heavy atom. The molecule has 0 atom stereocenters. The van der Waals surface area contributed by atoms with Crippen molar-refractivity contribution in [3.8, 4) is 0 Å². The normalized spacial score (nSPS) is 11.0. The van der Waals surface area contributed by atoms with Gasteiger partial charge in [0.25, 0.3) is 0 Å². The first kappa shape index (κ1) is 9.28. The maximum absolute atomic E-state index is 5.10. The topological polar surface area (TPSA) is 25.0 Å². The third-order valence-electron chi connectivity index (χ3n) is 2.47. The number of aromatic nitrogens is 1. The SMILES string of the molecule is COCCc1cc(C)cc2[nH]ccc12. The van der Waals surface area contributed by atoms with Crippen molar-refractivity contribution >= 4 is 10.9 Å². The van der Waals surface area contributed by atoms with Crippen molar-refractivity contribution in [2.24, 2.45) is 0 Å². The highest BCUT2D eigenvalue weighted by atomic mass is 16.5. The van der Waals surface area contributed by atoms with Crippen molar-refractivity contribution in [1.29, 1.82) is 0 Å². The first-order valence-electron chi connectivity index (χ1n) is 4.87. The molecule has 0 bridgehead atoms. The van der Waals surface area contributed by atoms with Crippen LogP contribution in [0.4, 0.5) is 0 Å². The molecule has 2 rings (SSSR count). The molecule has 2 heteroatoms. The maximum Gasteiger partial charge on any atom is 0.0502 e. The molecule has 0 aliphatic carbocycles. The van der Waals surface area contributed by atoms with E-state index in [-0.39, 0.29) is 0 Å². The number of fused-ring (bicyclic) bond motifs is 1. The summed E-state index contributed by atoms with van der Waals surface area (Å²) in [5.74, 6) is 0. The molecule has 1 aromatic heterocycles. The van der Waals surface area contributed by atoms with Crippen LogP contribution >= 0.6 is 0 Å². The Morgan fingerprint density at radius 3 is 3.00 bits per heavy atom. The molecule has 14 heavy (non-hydrogen) atoms. The van der Waals surface area contributed by atoms with E-state index in [9.17, 15) is 0 Å². The van der Waals surface area contributed by atoms with Crippen molar-refractivity contribution in [2.75, 3.05) is 13.7 Å². The molecule has 1 aromatic carbocycles. The van der Waals surface area contributed by atoms with Crippen LogP contribution in [-0.2, 0) is 11.2 Å². The second-order valence-electron chi connectivity index (χ2n) is 3.61. The number of nitrogens with one attached hydrogen (secondary N) is 1. The van der Waals surface area contributed by atoms with Gasteiger partial charge >= 0.3 is 0 Å². The highest BCUT2D eigenvalue weighted by Crippen LogP contribution is 2.20. The minimum Gasteiger partial charge on any atom is -0.384 e. The monoisotopic (exact) mass is 189 g/mol. The number of benzene rings is 1. The minimum atomic E-state index is 0.781. The van der Waals surface area contributed by atoms with Crippen LogP contribution in [0.15, 0.2) is 24.4 Å². The van der Waals surface area contributed by atoms with Gasteiger partial charge in [-0.3, -0.25) is 0 Å². The van der Waals surface area contributed by atoms with E-state index in [0.717, 1.165) is 13.0 Å². The largest absolute Gasteiger partial charge is 0.384 e. The van der Waals surface area contributed by atoms with Gasteiger partial charge in [0.1, 0.15) is 0 Å². The van der Waals surface area contributed by atoms with Gasteiger partial charge in [-0.1, -0.05) is 6.07 Å². The van der Waals surface area contributed by atoms with Crippen LogP contribution in [0.5, 0.6) is 0 Å². The highest BCUT2D eigenvalue weighted by molar-refractivity contribution is 5.83. The number of hydrogen-bond donors (Lipinski definition) is 1. The van der Waals surface area contributed by atoms with E-state index in [1.165, 1.54) is 22.0 Å². The summed E-state index contributed by atoms with van der Waals surface area (Å²) in [6.07, 6.45) is 2.97. The predicted molar refractivity (Wildman–Crippen MR) is 58.6 cm³/mol. The summed E-state index contributed by atoms with van der Waals surface area (Å²) in [4.78, 5) is 3.24. The standard InChI is InChI=1S/C12H15NO/c1-9-7-10(4-6-14-2)11-3-5-13-12(11)8-9/h3,5,7-8,13H,4,6H2,1-2H3. The van der Waals surface area contributed by atoms with E-state index in [2.05, 4.69) is 30.1 Å². The molecule has 1 N–H and O–H groups in total. The van der Waals surface area contributed by atoms with Gasteiger partial charge < -0.3 is 9.72 Å². The van der Waals surface area contributed by atoms with Crippen molar-refractivity contribution in [1.82, 2.24) is 4.98 Å². The van der Waals surface area contributed by atoms with Crippen LogP contribution in [0.3, 0.4) is 0 Å². The Kier molecular flexibility index (Phi) is 2.55. The summed E-state index contributed by atoms with van der Waals surface area (Å²) in [6, 6.07) is 6.53. The van der Waals surface area contributed by atoms with E-state index in [4.69, 9.17) is 4.74 Å². The first-order valence-corrected chi connectivity index (χ1v) is 4.87. The summed E-state index contributed by atoms with van der Waals surface area (Å²) in [7, 11) is 1.74. The Labute approximate surface area is 83.9 Å². The molecule has 0 saturated carbocycles. The van der Waals surface area contributed by atoms with Crippen LogP contribution in [-0.4, -0.2) is 18.7 Å². The average molecular weight is 189 g/mol. The van der Waals surface area contributed by atoms with E-state index < -0.39 is 0 Å². The van der Waals surface area contributed by atoms with Crippen molar-refractivity contribution in [3.63, 3.8) is 0 Å². The van der Waals surface area contributed by atoms with Crippen LogP contribution in [0.2, 0.25) is 0 Å². The molecular weight excluding hydrogens is 174 g/mol. The fraction of sp³-hybridized carbons (Fsp3) is 0.333. The Morgan fingerprint density at radius 1 is 1.36 bits per heavy atom. The van der Waals surface area contributed by atoms with E-state index in [1.54, 1.807) is 7.11 Å². The summed E-state index contributed by atoms with van der Waals surface area (Å²) in [6.45, 7) is 2.90. The molecule has 1 heterocycles. The van der Waals surface area contributed by atoms with Crippen molar-refractivity contribution in [3.05, 3.63) is 35.5 Å². The third kappa shape index (κ3) is 1.66. The predicted octanol–water partition coefficient (Wildman–Crippen LogP) is 2.67. The Bertz CT molecular complexity index is 431. The summed E-state index contributed by atoms with van der Waals surface area (Å²) >= 11 is 0. The maximum atomic E-state index is 5.10. The average Bonchev–Trinajstić information content (AvgIpc) is 2.61. The molecule has 0 aliphatic rings. The van der Waals surface area contributed by atoms with Crippen molar-refractivity contribution < 1.29 is 4.74 Å². The Hall–Kier alpha value is -1.28. The van der Waals surface area contributed by atoms with Gasteiger partial charge in [-0.05, 0) is 36.6 Å². The van der Waals surface area contributed by atoms with Gasteiger partial charge in [-0.2, -0.15) is 0 Å². The van der Waals surface area contributed by atoms with E-state index in [1.807, 2.05) is 6.20 Å². The molecule has 0 radical (unpaired) electrons. The zero-order valence-electron chi connectivity index (χ0n) is 8.63. The molecule has 2 nitrogen and oxygen atoms in total. The lowest BCUT2D eigenvalue weighted by Crippen LogP contribution is -1.95. The van der Waals surface area contributed by atoms with E-state index in [0.29, 0.717) is 0 Å². The van der Waals surface area contributed by atoms with Crippen LogP contribution in [0.1, 0.15) is 11.1 Å². The van der Waals surface area contributed by atoms with Gasteiger partial charge in [-0.15, -0.1) is 0 Å². The fourth-order valence-corrected chi connectivity index (χ4v) is 1.82. The molecule has 74 valence electrons. The first-order chi connectivity index (χ1) is 6.81. The molecule has 0 saturated heterocycles. The zero-order valence-corrected chi connectivity index (χ0v) is 8.63. The number of hydrogen-bond acceptors (Lipinski definition) is 1. The zero-order chi connectivity index (χ0) is 9.97. The number of ether oxygens (including phenoxy) is 1. The number of H-pyrrole nitrogens is 1. The molecule has 2 aromatic rings. The smallest absolute Gasteiger partial charge is 0.0502 e. The Balaban J connectivity index is 2.44. The number of aryl methyl sites for hydroxylation is 1. The lowest BCUT2D eigenvalue weighted by atomic mass is 10.0. The van der Waals surface area contributed by atoms with Gasteiger partial charge in [0, 0.05) is 24.2 Å². The van der Waals surface area contributed by atoms with Crippen molar-refractivity contribution in [2.45, 2.75) is 13.3 Å². The summed E-state index contributed by atoms with van der Waals surface area (Å²) in [5, 5.41) is 1.31.